The van der Waals surface area contributed by atoms with Crippen LogP contribution < -0.4 is 20.1 Å². The second-order valence-corrected chi connectivity index (χ2v) is 7.58. The highest BCUT2D eigenvalue weighted by Gasteiger charge is 2.35. The fraction of sp³-hybridized carbons (Fsp3) is 0.455. The Morgan fingerprint density at radius 3 is 2.07 bits per heavy atom. The molecule has 5 nitrogen and oxygen atoms in total. The van der Waals surface area contributed by atoms with Crippen molar-refractivity contribution in [3.05, 3.63) is 54.1 Å². The van der Waals surface area contributed by atoms with Gasteiger partial charge in [-0.3, -0.25) is 4.90 Å². The van der Waals surface area contributed by atoms with E-state index >= 15 is 0 Å². The first-order valence-corrected chi connectivity index (χ1v) is 9.84. The minimum atomic E-state index is 0. The molecule has 1 spiro atoms. The van der Waals surface area contributed by atoms with Gasteiger partial charge in [-0.05, 0) is 54.8 Å². The number of hydrogen-bond donors (Lipinski definition) is 2. The first kappa shape index (κ1) is 20.9. The van der Waals surface area contributed by atoms with Crippen molar-refractivity contribution in [2.45, 2.75) is 24.9 Å². The Hall–Kier alpha value is -1.79. The molecule has 2 aliphatic rings. The van der Waals surface area contributed by atoms with Crippen LogP contribution in [0.4, 0.5) is 0 Å². The van der Waals surface area contributed by atoms with Gasteiger partial charge in [0.1, 0.15) is 17.2 Å². The maximum atomic E-state index is 5.91. The second-order valence-electron chi connectivity index (χ2n) is 7.58. The number of ether oxygens (including phenoxy) is 2. The van der Waals surface area contributed by atoms with Crippen molar-refractivity contribution in [1.82, 2.24) is 15.5 Å². The topological polar surface area (TPSA) is 45.8 Å². The molecule has 2 fully saturated rings. The summed E-state index contributed by atoms with van der Waals surface area (Å²) in [6.45, 7) is 6.61. The molecule has 0 saturated carbocycles. The van der Waals surface area contributed by atoms with Crippen molar-refractivity contribution in [3.8, 4) is 17.2 Å². The zero-order chi connectivity index (χ0) is 18.5. The minimum absolute atomic E-state index is 0. The molecule has 0 atom stereocenters. The first-order valence-electron chi connectivity index (χ1n) is 9.84. The molecule has 0 bridgehead atoms. The van der Waals surface area contributed by atoms with Crippen LogP contribution in [0.5, 0.6) is 17.2 Å². The van der Waals surface area contributed by atoms with Gasteiger partial charge >= 0.3 is 0 Å². The number of methoxy groups -OCH3 is 1. The Morgan fingerprint density at radius 2 is 1.50 bits per heavy atom. The van der Waals surface area contributed by atoms with Crippen LogP contribution in [0.25, 0.3) is 0 Å². The number of piperidine rings is 1. The predicted octanol–water partition coefficient (Wildman–Crippen LogP) is 3.44. The zero-order valence-corrected chi connectivity index (χ0v) is 17.3. The molecule has 152 valence electrons. The summed E-state index contributed by atoms with van der Waals surface area (Å²) >= 11 is 0. The van der Waals surface area contributed by atoms with E-state index in [9.17, 15) is 0 Å². The molecular formula is C22H30ClN3O2. The Morgan fingerprint density at radius 1 is 0.893 bits per heavy atom. The molecule has 28 heavy (non-hydrogen) atoms. The van der Waals surface area contributed by atoms with E-state index in [4.69, 9.17) is 9.47 Å². The molecule has 4 rings (SSSR count). The smallest absolute Gasteiger partial charge is 0.127 e. The summed E-state index contributed by atoms with van der Waals surface area (Å²) in [4.78, 5) is 2.56. The third-order valence-corrected chi connectivity index (χ3v) is 5.70. The van der Waals surface area contributed by atoms with Crippen LogP contribution in [0, 0.1) is 0 Å². The third kappa shape index (κ3) is 5.17. The largest absolute Gasteiger partial charge is 0.497 e. The Kier molecular flexibility index (Phi) is 7.18. The van der Waals surface area contributed by atoms with Gasteiger partial charge in [0, 0.05) is 44.8 Å². The minimum Gasteiger partial charge on any atom is -0.497 e. The number of rotatable bonds is 5. The van der Waals surface area contributed by atoms with E-state index in [1.54, 1.807) is 7.11 Å². The molecule has 2 saturated heterocycles. The molecule has 6 heteroatoms. The van der Waals surface area contributed by atoms with E-state index in [1.165, 1.54) is 18.4 Å². The van der Waals surface area contributed by atoms with Crippen molar-refractivity contribution in [2.24, 2.45) is 0 Å². The molecule has 2 N–H and O–H groups in total. The Balaban J connectivity index is 0.00000225. The summed E-state index contributed by atoms with van der Waals surface area (Å²) in [6, 6.07) is 16.1. The number of nitrogens with zero attached hydrogens (tertiary/aromatic N) is 1. The summed E-state index contributed by atoms with van der Waals surface area (Å²) in [5.41, 5.74) is 1.66. The standard InChI is InChI=1S/C22H29N3O2.ClH/c1-26-19-6-8-21(9-7-19)27-20-4-2-18(3-5-20)16-25-14-10-22(11-15-25)17-23-12-13-24-22;/h2-9,23-24H,10-17H2,1H3;1H. The van der Waals surface area contributed by atoms with Crippen molar-refractivity contribution in [1.29, 1.82) is 0 Å². The number of likely N-dealkylation sites (tertiary alicyclic amines) is 1. The van der Waals surface area contributed by atoms with Crippen LogP contribution in [0.3, 0.4) is 0 Å². The molecule has 0 aromatic heterocycles. The lowest BCUT2D eigenvalue weighted by atomic mass is 9.86. The van der Waals surface area contributed by atoms with Crippen molar-refractivity contribution < 1.29 is 9.47 Å². The normalized spacial score (nSPS) is 19.0. The van der Waals surface area contributed by atoms with Gasteiger partial charge < -0.3 is 20.1 Å². The van der Waals surface area contributed by atoms with Crippen molar-refractivity contribution in [2.75, 3.05) is 39.8 Å². The van der Waals surface area contributed by atoms with E-state index in [2.05, 4.69) is 39.8 Å². The highest BCUT2D eigenvalue weighted by Crippen LogP contribution is 2.26. The van der Waals surface area contributed by atoms with Gasteiger partial charge in [0.25, 0.3) is 0 Å². The molecule has 2 aromatic carbocycles. The fourth-order valence-electron chi connectivity index (χ4n) is 4.00. The van der Waals surface area contributed by atoms with E-state index in [1.807, 2.05) is 24.3 Å². The van der Waals surface area contributed by atoms with E-state index < -0.39 is 0 Å². The molecule has 2 aliphatic heterocycles. The lowest BCUT2D eigenvalue weighted by Crippen LogP contribution is -2.63. The van der Waals surface area contributed by atoms with Crippen molar-refractivity contribution >= 4 is 12.4 Å². The molecular weight excluding hydrogens is 374 g/mol. The van der Waals surface area contributed by atoms with Crippen LogP contribution in [0.2, 0.25) is 0 Å². The van der Waals surface area contributed by atoms with Gasteiger partial charge in [-0.15, -0.1) is 12.4 Å². The number of halogens is 1. The van der Waals surface area contributed by atoms with E-state index in [0.29, 0.717) is 5.54 Å². The summed E-state index contributed by atoms with van der Waals surface area (Å²) in [6.07, 6.45) is 2.44. The highest BCUT2D eigenvalue weighted by molar-refractivity contribution is 5.85. The third-order valence-electron chi connectivity index (χ3n) is 5.70. The molecule has 2 heterocycles. The fourth-order valence-corrected chi connectivity index (χ4v) is 4.00. The van der Waals surface area contributed by atoms with Gasteiger partial charge in [-0.25, -0.2) is 0 Å². The van der Waals surface area contributed by atoms with Gasteiger partial charge in [0.2, 0.25) is 0 Å². The van der Waals surface area contributed by atoms with Crippen LogP contribution >= 0.6 is 12.4 Å². The van der Waals surface area contributed by atoms with Gasteiger partial charge in [0.05, 0.1) is 7.11 Å². The summed E-state index contributed by atoms with van der Waals surface area (Å²) in [5.74, 6) is 2.51. The molecule has 0 amide bonds. The van der Waals surface area contributed by atoms with Crippen LogP contribution in [0.15, 0.2) is 48.5 Å². The van der Waals surface area contributed by atoms with E-state index in [0.717, 1.165) is 56.5 Å². The van der Waals surface area contributed by atoms with E-state index in [-0.39, 0.29) is 12.4 Å². The predicted molar refractivity (Wildman–Crippen MR) is 115 cm³/mol. The number of benzene rings is 2. The monoisotopic (exact) mass is 403 g/mol. The Bertz CT molecular complexity index is 720. The van der Waals surface area contributed by atoms with Gasteiger partial charge in [0.15, 0.2) is 0 Å². The summed E-state index contributed by atoms with van der Waals surface area (Å²) in [5, 5.41) is 7.28. The average Bonchev–Trinajstić information content (AvgIpc) is 2.73. The molecule has 0 unspecified atom stereocenters. The SMILES string of the molecule is COc1ccc(Oc2ccc(CN3CCC4(CC3)CNCCN4)cc2)cc1.Cl. The summed E-state index contributed by atoms with van der Waals surface area (Å²) in [7, 11) is 1.67. The first-order chi connectivity index (χ1) is 13.2. The zero-order valence-electron chi connectivity index (χ0n) is 16.4. The Labute approximate surface area is 173 Å². The van der Waals surface area contributed by atoms with Crippen LogP contribution in [-0.4, -0.2) is 50.3 Å². The number of nitrogens with one attached hydrogen (secondary N) is 2. The van der Waals surface area contributed by atoms with Crippen molar-refractivity contribution in [3.63, 3.8) is 0 Å². The number of hydrogen-bond acceptors (Lipinski definition) is 5. The summed E-state index contributed by atoms with van der Waals surface area (Å²) < 4.78 is 11.1. The van der Waals surface area contributed by atoms with Gasteiger partial charge in [-0.1, -0.05) is 12.1 Å². The number of piperazine rings is 1. The molecule has 2 aromatic rings. The maximum absolute atomic E-state index is 5.91. The van der Waals surface area contributed by atoms with Crippen LogP contribution in [0.1, 0.15) is 18.4 Å². The lowest BCUT2D eigenvalue weighted by Gasteiger charge is -2.45. The quantitative estimate of drug-likeness (QED) is 0.800. The second kappa shape index (κ2) is 9.61. The van der Waals surface area contributed by atoms with Gasteiger partial charge in [-0.2, -0.15) is 0 Å². The average molecular weight is 404 g/mol. The van der Waals surface area contributed by atoms with Crippen LogP contribution in [-0.2, 0) is 6.54 Å². The lowest BCUT2D eigenvalue weighted by molar-refractivity contribution is 0.116. The molecule has 0 aliphatic carbocycles. The highest BCUT2D eigenvalue weighted by atomic mass is 35.5. The maximum Gasteiger partial charge on any atom is 0.127 e. The molecule has 0 radical (unpaired) electrons.